The van der Waals surface area contributed by atoms with E-state index in [1.54, 1.807) is 0 Å². The molecular weight excluding hydrogens is 296 g/mol. The number of carbonyl (C=O) groups is 1. The Labute approximate surface area is 55.1 Å². The first-order valence-corrected chi connectivity index (χ1v) is 1.34. The molecule has 5 heavy (non-hydrogen) atoms. The first-order chi connectivity index (χ1) is 1.73. The summed E-state index contributed by atoms with van der Waals surface area (Å²) in [6.45, 7) is 0. The first-order valence-electron chi connectivity index (χ1n) is 0.582. The van der Waals surface area contributed by atoms with Crippen LogP contribution in [0.25, 0.3) is 0 Å². The zero-order valence-electron chi connectivity index (χ0n) is 1.97. The quantitative estimate of drug-likeness (QED) is 0.490. The molecular formula is CAuCl2O. The fraction of sp³-hybridized carbons (Fsp3) is 0. The van der Waals surface area contributed by atoms with E-state index in [-0.39, 0.29) is 22.4 Å². The maximum atomic E-state index is 8.98. The Balaban J connectivity index is 0. The second-order valence-electron chi connectivity index (χ2n) is 0.226. The molecule has 0 aliphatic rings. The van der Waals surface area contributed by atoms with Crippen molar-refractivity contribution in [2.45, 2.75) is 0 Å². The second-order valence-corrected chi connectivity index (χ2v) is 1.11. The van der Waals surface area contributed by atoms with Crippen molar-refractivity contribution in [2.75, 3.05) is 0 Å². The molecule has 0 aromatic carbocycles. The minimum atomic E-state index is -0.889. The van der Waals surface area contributed by atoms with E-state index >= 15 is 0 Å². The van der Waals surface area contributed by atoms with Gasteiger partial charge >= 0.3 is 4.70 Å². The third kappa shape index (κ3) is 45.5. The number of rotatable bonds is 0. The van der Waals surface area contributed by atoms with Crippen LogP contribution in [0.5, 0.6) is 0 Å². The zero-order chi connectivity index (χ0) is 3.58. The van der Waals surface area contributed by atoms with Gasteiger partial charge < -0.3 is 0 Å². The van der Waals surface area contributed by atoms with Crippen LogP contribution in [0.15, 0.2) is 0 Å². The van der Waals surface area contributed by atoms with Gasteiger partial charge in [-0.15, -0.1) is 0 Å². The van der Waals surface area contributed by atoms with E-state index < -0.39 is 4.70 Å². The molecule has 1 nitrogen and oxygen atoms in total. The number of hydrogen-bond donors (Lipinski definition) is 0. The van der Waals surface area contributed by atoms with Crippen LogP contribution in [0.4, 0.5) is 4.79 Å². The molecule has 0 N–H and O–H groups in total. The van der Waals surface area contributed by atoms with Crippen LogP contribution in [-0.2, 0) is 22.4 Å². The summed E-state index contributed by atoms with van der Waals surface area (Å²) in [4.78, 5) is 8.98. The van der Waals surface area contributed by atoms with Gasteiger partial charge in [-0.3, -0.25) is 4.79 Å². The Morgan fingerprint density at radius 1 is 1.40 bits per heavy atom. The average Bonchev–Trinajstić information content (AvgIpc) is 0.811. The largest absolute Gasteiger partial charge is 0.313 e. The monoisotopic (exact) mass is 295 g/mol. The molecule has 0 aromatic rings. The van der Waals surface area contributed by atoms with E-state index in [1.807, 2.05) is 0 Å². The third-order valence-corrected chi connectivity index (χ3v) is 0. The van der Waals surface area contributed by atoms with Crippen molar-refractivity contribution in [3.8, 4) is 0 Å². The van der Waals surface area contributed by atoms with Gasteiger partial charge in [0.05, 0.1) is 0 Å². The summed E-state index contributed by atoms with van der Waals surface area (Å²) in [5.41, 5.74) is 0. The summed E-state index contributed by atoms with van der Waals surface area (Å²) in [6, 6.07) is 0. The summed E-state index contributed by atoms with van der Waals surface area (Å²) >= 11 is 8.80. The summed E-state index contributed by atoms with van der Waals surface area (Å²) in [5, 5.41) is 0. The predicted octanol–water partition coefficient (Wildman–Crippen LogP) is 1.58. The van der Waals surface area contributed by atoms with E-state index in [1.165, 1.54) is 0 Å². The standard InChI is InChI=1S/CCl2O.Au/c2-1(3)4;. The van der Waals surface area contributed by atoms with Crippen LogP contribution in [0.3, 0.4) is 0 Å². The molecule has 0 bridgehead atoms. The Hall–Kier alpha value is 0.990. The Morgan fingerprint density at radius 2 is 1.40 bits per heavy atom. The van der Waals surface area contributed by atoms with Gasteiger partial charge in [0.15, 0.2) is 0 Å². The summed E-state index contributed by atoms with van der Waals surface area (Å²) in [5.74, 6) is 0. The van der Waals surface area contributed by atoms with Crippen molar-refractivity contribution in [1.82, 2.24) is 0 Å². The van der Waals surface area contributed by atoms with Crippen molar-refractivity contribution < 1.29 is 27.2 Å². The molecule has 0 atom stereocenters. The third-order valence-electron chi connectivity index (χ3n) is 0. The van der Waals surface area contributed by atoms with Crippen molar-refractivity contribution in [3.05, 3.63) is 0 Å². The van der Waals surface area contributed by atoms with Gasteiger partial charge in [-0.2, -0.15) is 0 Å². The zero-order valence-corrected chi connectivity index (χ0v) is 5.64. The van der Waals surface area contributed by atoms with Crippen LogP contribution in [0.2, 0.25) is 0 Å². The summed E-state index contributed by atoms with van der Waals surface area (Å²) in [6.07, 6.45) is 0. The van der Waals surface area contributed by atoms with Crippen molar-refractivity contribution in [3.63, 3.8) is 0 Å². The molecule has 0 heterocycles. The van der Waals surface area contributed by atoms with Crippen molar-refractivity contribution in [1.29, 1.82) is 0 Å². The number of hydrogen-bond acceptors (Lipinski definition) is 1. The minimum absolute atomic E-state index is 0. The molecule has 0 unspecified atom stereocenters. The average molecular weight is 296 g/mol. The number of halogens is 2. The molecule has 1 radical (unpaired) electrons. The number of carbonyl (C=O) groups excluding carboxylic acids is 1. The van der Waals surface area contributed by atoms with Gasteiger partial charge in [-0.1, -0.05) is 0 Å². The van der Waals surface area contributed by atoms with E-state index in [9.17, 15) is 0 Å². The molecule has 0 aromatic heterocycles. The topological polar surface area (TPSA) is 17.1 Å². The maximum absolute atomic E-state index is 8.98. The van der Waals surface area contributed by atoms with E-state index in [4.69, 9.17) is 4.79 Å². The van der Waals surface area contributed by atoms with Crippen molar-refractivity contribution in [2.24, 2.45) is 0 Å². The SMILES string of the molecule is O=C(Cl)Cl.[Au]. The van der Waals surface area contributed by atoms with E-state index in [0.29, 0.717) is 0 Å². The molecule has 0 aliphatic carbocycles. The maximum Gasteiger partial charge on any atom is 0.313 e. The minimum Gasteiger partial charge on any atom is -0.262 e. The molecule has 0 aliphatic heterocycles. The fourth-order valence-corrected chi connectivity index (χ4v) is 0. The van der Waals surface area contributed by atoms with Crippen LogP contribution in [0, 0.1) is 0 Å². The Kier molecular flexibility index (Phi) is 9.35. The van der Waals surface area contributed by atoms with Gasteiger partial charge in [-0.05, 0) is 23.2 Å². The van der Waals surface area contributed by atoms with Gasteiger partial charge in [-0.25, -0.2) is 0 Å². The van der Waals surface area contributed by atoms with Crippen LogP contribution in [-0.4, -0.2) is 4.70 Å². The smallest absolute Gasteiger partial charge is 0.262 e. The van der Waals surface area contributed by atoms with Gasteiger partial charge in [0.1, 0.15) is 0 Å². The molecule has 0 saturated carbocycles. The van der Waals surface area contributed by atoms with Crippen LogP contribution in [0.1, 0.15) is 0 Å². The Bertz CT molecular complexity index is 32.6. The van der Waals surface area contributed by atoms with Gasteiger partial charge in [0, 0.05) is 22.4 Å². The van der Waals surface area contributed by atoms with Crippen molar-refractivity contribution >= 4 is 27.9 Å². The molecule has 35 valence electrons. The molecule has 0 rings (SSSR count). The molecule has 0 saturated heterocycles. The van der Waals surface area contributed by atoms with E-state index in [0.717, 1.165) is 0 Å². The molecule has 0 amide bonds. The normalized spacial score (nSPS) is 5.20. The summed E-state index contributed by atoms with van der Waals surface area (Å²) < 4.78 is -0.889. The first kappa shape index (κ1) is 9.37. The fourth-order valence-electron chi connectivity index (χ4n) is 0. The predicted molar refractivity (Wildman–Crippen MR) is 17.1 cm³/mol. The molecule has 0 spiro atoms. The molecule has 0 fully saturated rings. The second kappa shape index (κ2) is 4.99. The molecule has 4 heteroatoms. The Morgan fingerprint density at radius 3 is 1.40 bits per heavy atom. The van der Waals surface area contributed by atoms with Crippen LogP contribution >= 0.6 is 23.2 Å². The van der Waals surface area contributed by atoms with Gasteiger partial charge in [0.25, 0.3) is 0 Å². The van der Waals surface area contributed by atoms with Gasteiger partial charge in [0.2, 0.25) is 0 Å². The van der Waals surface area contributed by atoms with E-state index in [2.05, 4.69) is 23.2 Å². The van der Waals surface area contributed by atoms with Crippen LogP contribution < -0.4 is 0 Å². The summed E-state index contributed by atoms with van der Waals surface area (Å²) in [7, 11) is 0.